The van der Waals surface area contributed by atoms with Gasteiger partial charge in [0.2, 0.25) is 5.91 Å². The molecule has 2 aliphatic rings. The van der Waals surface area contributed by atoms with Crippen LogP contribution in [0.4, 0.5) is 11.4 Å². The van der Waals surface area contributed by atoms with Gasteiger partial charge in [-0.15, -0.1) is 0 Å². The van der Waals surface area contributed by atoms with Gasteiger partial charge in [-0.2, -0.15) is 0 Å². The van der Waals surface area contributed by atoms with E-state index in [1.54, 1.807) is 6.08 Å². The lowest BCUT2D eigenvalue weighted by molar-refractivity contribution is -0.111. The Balaban J connectivity index is 1.34. The number of nitrogens with zero attached hydrogens (tertiary/aromatic N) is 2. The number of anilines is 2. The zero-order valence-electron chi connectivity index (χ0n) is 15.6. The van der Waals surface area contributed by atoms with Crippen LogP contribution < -0.4 is 15.0 Å². The lowest BCUT2D eigenvalue weighted by atomic mass is 10.1. The van der Waals surface area contributed by atoms with Gasteiger partial charge in [-0.25, -0.2) is 0 Å². The fourth-order valence-corrected chi connectivity index (χ4v) is 3.49. The van der Waals surface area contributed by atoms with Gasteiger partial charge in [-0.1, -0.05) is 6.07 Å². The Morgan fingerprint density at radius 2 is 1.85 bits per heavy atom. The second-order valence-corrected chi connectivity index (χ2v) is 7.13. The fraction of sp³-hybridized carbons (Fsp3) is 0.318. The van der Waals surface area contributed by atoms with Crippen molar-refractivity contribution in [3.8, 4) is 5.75 Å². The number of hydrogen-bond acceptors (Lipinski definition) is 4. The number of likely N-dealkylation sites (N-methyl/N-ethyl adjacent to an activating group) is 1. The van der Waals surface area contributed by atoms with E-state index in [2.05, 4.69) is 40.4 Å². The highest BCUT2D eigenvalue weighted by Crippen LogP contribution is 2.26. The van der Waals surface area contributed by atoms with E-state index < -0.39 is 0 Å². The van der Waals surface area contributed by atoms with Crippen molar-refractivity contribution in [2.75, 3.05) is 50.1 Å². The Bertz CT molecular complexity index is 837. The quantitative estimate of drug-likeness (QED) is 0.848. The van der Waals surface area contributed by atoms with Crippen LogP contribution in [-0.4, -0.2) is 50.6 Å². The molecule has 0 saturated carbocycles. The molecule has 140 valence electrons. The van der Waals surface area contributed by atoms with Crippen LogP contribution in [0.3, 0.4) is 0 Å². The van der Waals surface area contributed by atoms with Gasteiger partial charge in [0, 0.05) is 50.1 Å². The molecule has 1 saturated heterocycles. The van der Waals surface area contributed by atoms with E-state index in [1.165, 1.54) is 11.3 Å². The van der Waals surface area contributed by atoms with Crippen molar-refractivity contribution in [3.05, 3.63) is 59.7 Å². The third-order valence-corrected chi connectivity index (χ3v) is 5.14. The molecule has 0 unspecified atom stereocenters. The predicted molar refractivity (Wildman–Crippen MR) is 109 cm³/mol. The minimum absolute atomic E-state index is 0.126. The van der Waals surface area contributed by atoms with Crippen molar-refractivity contribution in [2.45, 2.75) is 6.42 Å². The number of benzene rings is 2. The van der Waals surface area contributed by atoms with Crippen molar-refractivity contribution in [3.63, 3.8) is 0 Å². The minimum Gasteiger partial charge on any atom is -0.493 e. The summed E-state index contributed by atoms with van der Waals surface area (Å²) in [5, 5.41) is 2.92. The largest absolute Gasteiger partial charge is 0.493 e. The molecule has 0 atom stereocenters. The first kappa shape index (κ1) is 17.6. The second-order valence-electron chi connectivity index (χ2n) is 7.13. The number of ether oxygens (including phenoxy) is 1. The van der Waals surface area contributed by atoms with Crippen LogP contribution in [0.15, 0.2) is 48.5 Å². The van der Waals surface area contributed by atoms with Gasteiger partial charge in [0.15, 0.2) is 0 Å². The van der Waals surface area contributed by atoms with Crippen LogP contribution in [-0.2, 0) is 11.2 Å². The Hall–Kier alpha value is -2.79. The number of fused-ring (bicyclic) bond motifs is 1. The Labute approximate surface area is 160 Å². The maximum absolute atomic E-state index is 12.2. The van der Waals surface area contributed by atoms with Gasteiger partial charge < -0.3 is 19.9 Å². The monoisotopic (exact) mass is 363 g/mol. The number of nitrogens with one attached hydrogen (secondary N) is 1. The second kappa shape index (κ2) is 7.84. The molecule has 0 aromatic heterocycles. The molecule has 0 bridgehead atoms. The molecule has 2 aliphatic heterocycles. The van der Waals surface area contributed by atoms with Crippen LogP contribution in [0.2, 0.25) is 0 Å². The summed E-state index contributed by atoms with van der Waals surface area (Å²) in [5.74, 6) is 0.830. The highest BCUT2D eigenvalue weighted by atomic mass is 16.5. The average Bonchev–Trinajstić information content (AvgIpc) is 3.15. The summed E-state index contributed by atoms with van der Waals surface area (Å²) in [7, 11) is 2.15. The molecule has 27 heavy (non-hydrogen) atoms. The van der Waals surface area contributed by atoms with Crippen molar-refractivity contribution >= 4 is 23.4 Å². The minimum atomic E-state index is -0.126. The number of carbonyl (C=O) groups is 1. The molecule has 0 spiro atoms. The Morgan fingerprint density at radius 3 is 2.63 bits per heavy atom. The van der Waals surface area contributed by atoms with Gasteiger partial charge in [0.1, 0.15) is 5.75 Å². The number of hydrogen-bond donors (Lipinski definition) is 1. The molecule has 5 nitrogen and oxygen atoms in total. The maximum Gasteiger partial charge on any atom is 0.248 e. The molecule has 4 rings (SSSR count). The van der Waals surface area contributed by atoms with E-state index in [0.29, 0.717) is 0 Å². The van der Waals surface area contributed by atoms with E-state index in [-0.39, 0.29) is 5.91 Å². The van der Waals surface area contributed by atoms with Crippen molar-refractivity contribution in [1.82, 2.24) is 4.90 Å². The normalized spacial score (nSPS) is 17.0. The molecule has 2 aromatic rings. The van der Waals surface area contributed by atoms with Gasteiger partial charge in [-0.05, 0) is 60.6 Å². The Morgan fingerprint density at radius 1 is 1.07 bits per heavy atom. The lowest BCUT2D eigenvalue weighted by Crippen LogP contribution is -2.44. The van der Waals surface area contributed by atoms with Crippen LogP contribution in [0.1, 0.15) is 11.1 Å². The maximum atomic E-state index is 12.2. The molecule has 2 aromatic carbocycles. The standard InChI is InChI=1S/C22H25N3O2/c1-24-11-13-25(14-12-24)20-6-4-19(5-7-20)23-22(26)9-3-17-2-8-21-18(16-17)10-15-27-21/h2-9,16H,10-15H2,1H3,(H,23,26)/b9-3+. The third kappa shape index (κ3) is 4.31. The smallest absolute Gasteiger partial charge is 0.248 e. The van der Waals surface area contributed by atoms with Crippen molar-refractivity contribution in [2.24, 2.45) is 0 Å². The topological polar surface area (TPSA) is 44.8 Å². The van der Waals surface area contributed by atoms with Crippen LogP contribution in [0, 0.1) is 0 Å². The van der Waals surface area contributed by atoms with Crippen molar-refractivity contribution < 1.29 is 9.53 Å². The molecule has 1 N–H and O–H groups in total. The SMILES string of the molecule is CN1CCN(c2ccc(NC(=O)/C=C/c3ccc4c(c3)CCO4)cc2)CC1. The molecule has 2 heterocycles. The highest BCUT2D eigenvalue weighted by molar-refractivity contribution is 6.02. The summed E-state index contributed by atoms with van der Waals surface area (Å²) in [4.78, 5) is 16.9. The summed E-state index contributed by atoms with van der Waals surface area (Å²) >= 11 is 0. The van der Waals surface area contributed by atoms with Gasteiger partial charge in [0.05, 0.1) is 6.61 Å². The number of carbonyl (C=O) groups excluding carboxylic acids is 1. The lowest BCUT2D eigenvalue weighted by Gasteiger charge is -2.34. The first-order chi connectivity index (χ1) is 13.2. The van der Waals surface area contributed by atoms with E-state index >= 15 is 0 Å². The predicted octanol–water partition coefficient (Wildman–Crippen LogP) is 3.03. The van der Waals surface area contributed by atoms with Gasteiger partial charge in [0.25, 0.3) is 0 Å². The van der Waals surface area contributed by atoms with Crippen molar-refractivity contribution in [1.29, 1.82) is 0 Å². The average molecular weight is 363 g/mol. The molecule has 1 amide bonds. The zero-order valence-corrected chi connectivity index (χ0v) is 15.6. The first-order valence-corrected chi connectivity index (χ1v) is 9.46. The summed E-state index contributed by atoms with van der Waals surface area (Å²) in [6, 6.07) is 14.1. The number of amides is 1. The first-order valence-electron chi connectivity index (χ1n) is 9.46. The molecular formula is C22H25N3O2. The summed E-state index contributed by atoms with van der Waals surface area (Å²) in [6.45, 7) is 4.98. The van der Waals surface area contributed by atoms with Gasteiger partial charge >= 0.3 is 0 Å². The van der Waals surface area contributed by atoms with Crippen LogP contribution in [0.25, 0.3) is 6.08 Å². The summed E-state index contributed by atoms with van der Waals surface area (Å²) in [5.41, 5.74) is 4.23. The number of rotatable bonds is 4. The van der Waals surface area contributed by atoms with Gasteiger partial charge in [-0.3, -0.25) is 4.79 Å². The molecule has 1 fully saturated rings. The molecule has 5 heteroatoms. The van der Waals surface area contributed by atoms with Crippen LogP contribution >= 0.6 is 0 Å². The van der Waals surface area contributed by atoms with E-state index in [9.17, 15) is 4.79 Å². The van der Waals surface area contributed by atoms with E-state index in [1.807, 2.05) is 30.3 Å². The Kier molecular flexibility index (Phi) is 5.12. The summed E-state index contributed by atoms with van der Waals surface area (Å²) < 4.78 is 5.51. The highest BCUT2D eigenvalue weighted by Gasteiger charge is 2.14. The molecule has 0 aliphatic carbocycles. The summed E-state index contributed by atoms with van der Waals surface area (Å²) in [6.07, 6.45) is 4.35. The van der Waals surface area contributed by atoms with E-state index in [0.717, 1.165) is 56.2 Å². The van der Waals surface area contributed by atoms with E-state index in [4.69, 9.17) is 4.74 Å². The molecule has 0 radical (unpaired) electrons. The van der Waals surface area contributed by atoms with Crippen LogP contribution in [0.5, 0.6) is 5.75 Å². The zero-order chi connectivity index (χ0) is 18.6. The molecular weight excluding hydrogens is 338 g/mol. The third-order valence-electron chi connectivity index (χ3n) is 5.14. The fourth-order valence-electron chi connectivity index (χ4n) is 3.49. The number of piperazine rings is 1.